The molecule has 0 bridgehead atoms. The zero-order valence-corrected chi connectivity index (χ0v) is 22.5. The quantitative estimate of drug-likeness (QED) is 0.281. The van der Waals surface area contributed by atoms with Crippen LogP contribution in [0.4, 0.5) is 5.69 Å². The molecule has 0 spiro atoms. The highest BCUT2D eigenvalue weighted by molar-refractivity contribution is 5.90. The predicted octanol–water partition coefficient (Wildman–Crippen LogP) is 9.00. The highest BCUT2D eigenvalue weighted by Crippen LogP contribution is 2.50. The van der Waals surface area contributed by atoms with E-state index in [1.54, 1.807) is 0 Å². The van der Waals surface area contributed by atoms with Crippen molar-refractivity contribution >= 4 is 22.0 Å². The van der Waals surface area contributed by atoms with E-state index in [4.69, 9.17) is 0 Å². The fourth-order valence-electron chi connectivity index (χ4n) is 6.75. The number of benzene rings is 4. The van der Waals surface area contributed by atoms with Gasteiger partial charge in [0, 0.05) is 29.3 Å². The normalized spacial score (nSPS) is 21.3. The Morgan fingerprint density at radius 2 is 1.41 bits per heavy atom. The summed E-state index contributed by atoms with van der Waals surface area (Å²) in [5.74, 6) is 0. The maximum Gasteiger partial charge on any atom is 0.0454 e. The Labute approximate surface area is 221 Å². The van der Waals surface area contributed by atoms with Crippen LogP contribution in [0.1, 0.15) is 49.9 Å². The monoisotopic (exact) mass is 481 g/mol. The maximum atomic E-state index is 2.41. The minimum absolute atomic E-state index is 0.0607. The Bertz CT molecular complexity index is 1600. The Balaban J connectivity index is 1.39. The number of fused-ring (bicyclic) bond motifs is 3. The van der Waals surface area contributed by atoms with Crippen LogP contribution in [-0.2, 0) is 17.3 Å². The SMILES string of the molecule is CC1=C(/C=C/C=C2/N(C)c3cc4ccccc4cc3C2(C)C)C(C)(Cc2ccccc2)c2ccccc21. The summed E-state index contributed by atoms with van der Waals surface area (Å²) < 4.78 is 0. The summed E-state index contributed by atoms with van der Waals surface area (Å²) in [5, 5.41) is 2.60. The van der Waals surface area contributed by atoms with Crippen molar-refractivity contribution in [2.75, 3.05) is 11.9 Å². The highest BCUT2D eigenvalue weighted by atomic mass is 15.2. The molecule has 0 radical (unpaired) electrons. The maximum absolute atomic E-state index is 2.41. The van der Waals surface area contributed by atoms with Gasteiger partial charge < -0.3 is 4.90 Å². The number of allylic oxidation sites excluding steroid dienone is 6. The van der Waals surface area contributed by atoms with Crippen LogP contribution in [0.15, 0.2) is 120 Å². The summed E-state index contributed by atoms with van der Waals surface area (Å²) in [4.78, 5) is 2.37. The number of rotatable bonds is 4. The summed E-state index contributed by atoms with van der Waals surface area (Å²) >= 11 is 0. The molecule has 4 aromatic rings. The molecule has 6 rings (SSSR count). The largest absolute Gasteiger partial charge is 0.347 e. The van der Waals surface area contributed by atoms with Crippen molar-refractivity contribution in [1.29, 1.82) is 0 Å². The van der Waals surface area contributed by atoms with E-state index in [-0.39, 0.29) is 10.8 Å². The van der Waals surface area contributed by atoms with Gasteiger partial charge in [0.15, 0.2) is 0 Å². The van der Waals surface area contributed by atoms with Crippen molar-refractivity contribution in [3.63, 3.8) is 0 Å². The summed E-state index contributed by atoms with van der Waals surface area (Å²) in [6.45, 7) is 9.39. The molecule has 4 aromatic carbocycles. The smallest absolute Gasteiger partial charge is 0.0454 e. The standard InChI is InChI=1S/C36H35N/c1-25-29-18-11-12-19-31(29)36(4,24-26-14-7-6-8-15-26)30(25)20-13-21-34-35(2,3)32-22-27-16-9-10-17-28(27)23-33(32)37(34)5/h6-23H,24H2,1-5H3/b20-13+,34-21+. The molecular formula is C36H35N. The third-order valence-electron chi connectivity index (χ3n) is 8.74. The van der Waals surface area contributed by atoms with Crippen molar-refractivity contribution in [1.82, 2.24) is 0 Å². The molecule has 0 amide bonds. The topological polar surface area (TPSA) is 3.24 Å². The summed E-state index contributed by atoms with van der Waals surface area (Å²) in [6, 6.07) is 33.2. The predicted molar refractivity (Wildman–Crippen MR) is 159 cm³/mol. The molecule has 1 heterocycles. The van der Waals surface area contributed by atoms with Crippen LogP contribution < -0.4 is 4.90 Å². The second-order valence-corrected chi connectivity index (χ2v) is 11.4. The lowest BCUT2D eigenvalue weighted by atomic mass is 9.74. The molecule has 0 fully saturated rings. The van der Waals surface area contributed by atoms with Crippen LogP contribution in [0.25, 0.3) is 16.3 Å². The molecule has 1 atom stereocenters. The van der Waals surface area contributed by atoms with Gasteiger partial charge in [-0.05, 0) is 75.7 Å². The summed E-state index contributed by atoms with van der Waals surface area (Å²) in [6.07, 6.45) is 7.97. The number of nitrogens with zero attached hydrogens (tertiary/aromatic N) is 1. The molecule has 2 aliphatic rings. The molecule has 1 unspecified atom stereocenters. The second-order valence-electron chi connectivity index (χ2n) is 11.4. The third kappa shape index (κ3) is 3.68. The van der Waals surface area contributed by atoms with E-state index >= 15 is 0 Å². The van der Waals surface area contributed by atoms with Crippen LogP contribution >= 0.6 is 0 Å². The first kappa shape index (κ1) is 23.6. The highest BCUT2D eigenvalue weighted by Gasteiger charge is 2.40. The fourth-order valence-corrected chi connectivity index (χ4v) is 6.75. The first-order chi connectivity index (χ1) is 17.8. The van der Waals surface area contributed by atoms with E-state index in [1.165, 1.54) is 55.6 Å². The minimum Gasteiger partial charge on any atom is -0.347 e. The van der Waals surface area contributed by atoms with Crippen LogP contribution in [0.5, 0.6) is 0 Å². The van der Waals surface area contributed by atoms with Gasteiger partial charge in [0.25, 0.3) is 0 Å². The van der Waals surface area contributed by atoms with E-state index in [1.807, 2.05) is 0 Å². The van der Waals surface area contributed by atoms with Gasteiger partial charge in [0.1, 0.15) is 0 Å². The summed E-state index contributed by atoms with van der Waals surface area (Å²) in [5.41, 5.74) is 10.9. The van der Waals surface area contributed by atoms with Crippen LogP contribution in [-0.4, -0.2) is 7.05 Å². The fraction of sp³-hybridized carbons (Fsp3) is 0.222. The molecule has 37 heavy (non-hydrogen) atoms. The zero-order valence-electron chi connectivity index (χ0n) is 22.5. The lowest BCUT2D eigenvalue weighted by Gasteiger charge is -2.29. The van der Waals surface area contributed by atoms with Crippen molar-refractivity contribution in [3.05, 3.63) is 143 Å². The average Bonchev–Trinajstić information content (AvgIpc) is 3.22. The van der Waals surface area contributed by atoms with Gasteiger partial charge in [-0.1, -0.05) is 112 Å². The van der Waals surface area contributed by atoms with Gasteiger partial charge in [-0.3, -0.25) is 0 Å². The molecule has 1 heteroatoms. The number of anilines is 1. The second kappa shape index (κ2) is 8.63. The molecule has 1 nitrogen and oxygen atoms in total. The van der Waals surface area contributed by atoms with E-state index in [0.29, 0.717) is 0 Å². The van der Waals surface area contributed by atoms with Crippen LogP contribution in [0.3, 0.4) is 0 Å². The minimum atomic E-state index is -0.0616. The van der Waals surface area contributed by atoms with E-state index < -0.39 is 0 Å². The molecule has 0 N–H and O–H groups in total. The first-order valence-corrected chi connectivity index (χ1v) is 13.3. The first-order valence-electron chi connectivity index (χ1n) is 13.3. The molecular weight excluding hydrogens is 446 g/mol. The Morgan fingerprint density at radius 3 is 2.16 bits per heavy atom. The van der Waals surface area contributed by atoms with E-state index in [0.717, 1.165) is 6.42 Å². The van der Waals surface area contributed by atoms with Crippen molar-refractivity contribution < 1.29 is 0 Å². The van der Waals surface area contributed by atoms with Crippen molar-refractivity contribution in [3.8, 4) is 0 Å². The van der Waals surface area contributed by atoms with Crippen molar-refractivity contribution in [2.24, 2.45) is 0 Å². The van der Waals surface area contributed by atoms with Crippen molar-refractivity contribution in [2.45, 2.75) is 44.9 Å². The van der Waals surface area contributed by atoms with Gasteiger partial charge in [0.2, 0.25) is 0 Å². The molecule has 1 aliphatic heterocycles. The Morgan fingerprint density at radius 1 is 0.757 bits per heavy atom. The average molecular weight is 482 g/mol. The van der Waals surface area contributed by atoms with Gasteiger partial charge in [0.05, 0.1) is 0 Å². The van der Waals surface area contributed by atoms with Crippen LogP contribution in [0, 0.1) is 0 Å². The van der Waals surface area contributed by atoms with E-state index in [9.17, 15) is 0 Å². The third-order valence-corrected chi connectivity index (χ3v) is 8.74. The molecule has 184 valence electrons. The Kier molecular flexibility index (Phi) is 5.49. The van der Waals surface area contributed by atoms with Crippen LogP contribution in [0.2, 0.25) is 0 Å². The summed E-state index contributed by atoms with van der Waals surface area (Å²) in [7, 11) is 2.21. The van der Waals surface area contributed by atoms with Gasteiger partial charge >= 0.3 is 0 Å². The number of hydrogen-bond acceptors (Lipinski definition) is 1. The van der Waals surface area contributed by atoms with Gasteiger partial charge in [-0.15, -0.1) is 0 Å². The zero-order chi connectivity index (χ0) is 25.8. The Hall–Kier alpha value is -3.84. The van der Waals surface area contributed by atoms with E-state index in [2.05, 4.69) is 149 Å². The molecule has 0 saturated carbocycles. The van der Waals surface area contributed by atoms with Gasteiger partial charge in [-0.2, -0.15) is 0 Å². The lowest BCUT2D eigenvalue weighted by molar-refractivity contribution is 0.577. The lowest BCUT2D eigenvalue weighted by Crippen LogP contribution is -2.25. The number of hydrogen-bond donors (Lipinski definition) is 0. The van der Waals surface area contributed by atoms with Gasteiger partial charge in [-0.25, -0.2) is 0 Å². The number of likely N-dealkylation sites (N-methyl/N-ethyl adjacent to an activating group) is 1. The molecule has 0 aromatic heterocycles. The molecule has 1 aliphatic carbocycles. The molecule has 0 saturated heterocycles.